The number of aromatic amines is 1. The molecular formula is C13H17N5O2. The van der Waals surface area contributed by atoms with Crippen LogP contribution in [-0.2, 0) is 24.3 Å². The lowest BCUT2D eigenvalue weighted by molar-refractivity contribution is -0.123. The zero-order chi connectivity index (χ0) is 14.1. The van der Waals surface area contributed by atoms with Crippen LogP contribution in [0.2, 0.25) is 0 Å². The number of imidazole rings is 1. The average Bonchev–Trinajstić information content (AvgIpc) is 3.02. The Morgan fingerprint density at radius 1 is 1.55 bits per heavy atom. The molecule has 106 valence electrons. The van der Waals surface area contributed by atoms with E-state index in [1.54, 1.807) is 6.33 Å². The quantitative estimate of drug-likeness (QED) is 0.751. The summed E-state index contributed by atoms with van der Waals surface area (Å²) in [4.78, 5) is 23.6. The van der Waals surface area contributed by atoms with Gasteiger partial charge in [0.05, 0.1) is 36.0 Å². The zero-order valence-corrected chi connectivity index (χ0v) is 11.5. The summed E-state index contributed by atoms with van der Waals surface area (Å²) in [6.45, 7) is 4.67. The molecule has 1 aliphatic rings. The average molecular weight is 275 g/mol. The molecule has 0 radical (unpaired) electrons. The van der Waals surface area contributed by atoms with Crippen LogP contribution in [0.15, 0.2) is 10.7 Å². The molecule has 20 heavy (non-hydrogen) atoms. The van der Waals surface area contributed by atoms with Crippen molar-refractivity contribution in [2.45, 2.75) is 39.4 Å². The summed E-state index contributed by atoms with van der Waals surface area (Å²) in [6.07, 6.45) is 2.25. The number of nitrogens with one attached hydrogen (secondary N) is 3. The number of carbonyl (C=O) groups is 1. The summed E-state index contributed by atoms with van der Waals surface area (Å²) in [7, 11) is 0. The summed E-state index contributed by atoms with van der Waals surface area (Å²) in [5.41, 5.74) is 2.85. The second-order valence-electron chi connectivity index (χ2n) is 4.93. The monoisotopic (exact) mass is 275 g/mol. The normalized spacial score (nSPS) is 17.8. The van der Waals surface area contributed by atoms with Gasteiger partial charge in [0.1, 0.15) is 5.76 Å². The van der Waals surface area contributed by atoms with Crippen LogP contribution in [0.1, 0.15) is 28.7 Å². The van der Waals surface area contributed by atoms with Crippen molar-refractivity contribution in [3.63, 3.8) is 0 Å². The fourth-order valence-electron chi connectivity index (χ4n) is 2.26. The summed E-state index contributed by atoms with van der Waals surface area (Å²) >= 11 is 0. The highest BCUT2D eigenvalue weighted by atomic mass is 16.4. The molecule has 0 bridgehead atoms. The van der Waals surface area contributed by atoms with Gasteiger partial charge < -0.3 is 14.7 Å². The fourth-order valence-corrected chi connectivity index (χ4v) is 2.26. The third-order valence-corrected chi connectivity index (χ3v) is 3.53. The van der Waals surface area contributed by atoms with E-state index in [1.165, 1.54) is 0 Å². The molecular weight excluding hydrogens is 258 g/mol. The van der Waals surface area contributed by atoms with Crippen molar-refractivity contribution in [2.24, 2.45) is 0 Å². The van der Waals surface area contributed by atoms with Gasteiger partial charge in [-0.25, -0.2) is 9.97 Å². The number of amides is 1. The number of carbonyl (C=O) groups excluding carboxylic acids is 1. The molecule has 1 aliphatic heterocycles. The highest BCUT2D eigenvalue weighted by Gasteiger charge is 2.25. The van der Waals surface area contributed by atoms with Gasteiger partial charge in [-0.15, -0.1) is 0 Å². The van der Waals surface area contributed by atoms with Gasteiger partial charge in [0, 0.05) is 13.0 Å². The molecule has 2 aromatic heterocycles. The number of H-pyrrole nitrogens is 1. The van der Waals surface area contributed by atoms with Gasteiger partial charge in [-0.1, -0.05) is 0 Å². The second kappa shape index (κ2) is 5.09. The molecule has 1 unspecified atom stereocenters. The highest BCUT2D eigenvalue weighted by Crippen LogP contribution is 2.12. The topological polar surface area (TPSA) is 95.8 Å². The van der Waals surface area contributed by atoms with E-state index < -0.39 is 0 Å². The van der Waals surface area contributed by atoms with Crippen LogP contribution in [0.3, 0.4) is 0 Å². The molecule has 1 amide bonds. The fraction of sp³-hybridized carbons (Fsp3) is 0.462. The summed E-state index contributed by atoms with van der Waals surface area (Å²) in [5, 5.41) is 6.02. The zero-order valence-electron chi connectivity index (χ0n) is 11.5. The maximum atomic E-state index is 12.1. The maximum absolute atomic E-state index is 12.1. The lowest BCUT2D eigenvalue weighted by Gasteiger charge is -2.21. The third kappa shape index (κ3) is 2.44. The van der Waals surface area contributed by atoms with E-state index in [0.717, 1.165) is 22.8 Å². The summed E-state index contributed by atoms with van der Waals surface area (Å²) < 4.78 is 5.43. The van der Waals surface area contributed by atoms with Gasteiger partial charge in [-0.05, 0) is 13.8 Å². The minimum atomic E-state index is -0.261. The van der Waals surface area contributed by atoms with Crippen molar-refractivity contribution in [2.75, 3.05) is 0 Å². The van der Waals surface area contributed by atoms with Crippen LogP contribution in [0.4, 0.5) is 0 Å². The predicted octanol–water partition coefficient (Wildman–Crippen LogP) is 0.345. The molecule has 0 saturated carbocycles. The highest BCUT2D eigenvalue weighted by molar-refractivity contribution is 5.82. The van der Waals surface area contributed by atoms with Crippen molar-refractivity contribution in [1.82, 2.24) is 25.6 Å². The molecule has 0 spiro atoms. The van der Waals surface area contributed by atoms with E-state index in [2.05, 4.69) is 25.6 Å². The van der Waals surface area contributed by atoms with Gasteiger partial charge in [0.2, 0.25) is 11.8 Å². The number of fused-ring (bicyclic) bond motifs is 1. The van der Waals surface area contributed by atoms with Crippen LogP contribution in [0.5, 0.6) is 0 Å². The number of hydrogen-bond donors (Lipinski definition) is 3. The first-order valence-corrected chi connectivity index (χ1v) is 6.58. The standard InChI is InChI=1S/C13H17N5O2/c1-7-8(2)20-12(18-7)5-15-13(19)10-3-9-11(4-14-10)17-6-16-9/h6,10,14H,3-5H2,1-2H3,(H,15,19)(H,16,17). The van der Waals surface area contributed by atoms with Crippen LogP contribution in [0, 0.1) is 13.8 Å². The number of rotatable bonds is 3. The van der Waals surface area contributed by atoms with Gasteiger partial charge in [0.15, 0.2) is 0 Å². The Morgan fingerprint density at radius 3 is 3.15 bits per heavy atom. The second-order valence-corrected chi connectivity index (χ2v) is 4.93. The molecule has 3 N–H and O–H groups in total. The molecule has 7 heteroatoms. The number of aryl methyl sites for hydroxylation is 2. The maximum Gasteiger partial charge on any atom is 0.237 e. The molecule has 3 rings (SSSR count). The van der Waals surface area contributed by atoms with Crippen LogP contribution < -0.4 is 10.6 Å². The molecule has 0 saturated heterocycles. The van der Waals surface area contributed by atoms with Crippen LogP contribution >= 0.6 is 0 Å². The number of oxazole rings is 1. The lowest BCUT2D eigenvalue weighted by atomic mass is 10.0. The Labute approximate surface area is 116 Å². The summed E-state index contributed by atoms with van der Waals surface area (Å²) in [6, 6.07) is -0.261. The molecule has 0 aliphatic carbocycles. The van der Waals surface area contributed by atoms with E-state index >= 15 is 0 Å². The van der Waals surface area contributed by atoms with E-state index in [0.29, 0.717) is 25.4 Å². The van der Waals surface area contributed by atoms with Crippen molar-refractivity contribution in [1.29, 1.82) is 0 Å². The van der Waals surface area contributed by atoms with Gasteiger partial charge >= 0.3 is 0 Å². The first-order valence-electron chi connectivity index (χ1n) is 6.58. The molecule has 0 aromatic carbocycles. The van der Waals surface area contributed by atoms with Crippen LogP contribution in [0.25, 0.3) is 0 Å². The minimum absolute atomic E-state index is 0.0628. The van der Waals surface area contributed by atoms with E-state index in [-0.39, 0.29) is 11.9 Å². The first kappa shape index (κ1) is 12.9. The number of nitrogens with zero attached hydrogens (tertiary/aromatic N) is 2. The molecule has 7 nitrogen and oxygen atoms in total. The molecule has 3 heterocycles. The minimum Gasteiger partial charge on any atom is -0.444 e. The van der Waals surface area contributed by atoms with Crippen LogP contribution in [-0.4, -0.2) is 26.9 Å². The molecule has 2 aromatic rings. The Morgan fingerprint density at radius 2 is 2.40 bits per heavy atom. The Balaban J connectivity index is 1.57. The van der Waals surface area contributed by atoms with Gasteiger partial charge in [-0.2, -0.15) is 0 Å². The van der Waals surface area contributed by atoms with E-state index in [1.807, 2.05) is 13.8 Å². The van der Waals surface area contributed by atoms with Gasteiger partial charge in [-0.3, -0.25) is 10.1 Å². The number of hydrogen-bond acceptors (Lipinski definition) is 5. The Bertz CT molecular complexity index is 611. The largest absolute Gasteiger partial charge is 0.444 e. The van der Waals surface area contributed by atoms with Crippen molar-refractivity contribution in [3.05, 3.63) is 35.1 Å². The SMILES string of the molecule is Cc1nc(CNC(=O)C2Cc3nc[nH]c3CN2)oc1C. The van der Waals surface area contributed by atoms with Crippen molar-refractivity contribution < 1.29 is 9.21 Å². The predicted molar refractivity (Wildman–Crippen MR) is 70.7 cm³/mol. The first-order chi connectivity index (χ1) is 9.63. The van der Waals surface area contributed by atoms with E-state index in [9.17, 15) is 4.79 Å². The van der Waals surface area contributed by atoms with E-state index in [4.69, 9.17) is 4.42 Å². The Hall–Kier alpha value is -2.15. The van der Waals surface area contributed by atoms with Gasteiger partial charge in [0.25, 0.3) is 0 Å². The summed E-state index contributed by atoms with van der Waals surface area (Å²) in [5.74, 6) is 1.25. The smallest absolute Gasteiger partial charge is 0.237 e. The molecule has 0 fully saturated rings. The third-order valence-electron chi connectivity index (χ3n) is 3.53. The lowest BCUT2D eigenvalue weighted by Crippen LogP contribution is -2.47. The van der Waals surface area contributed by atoms with Crippen molar-refractivity contribution in [3.8, 4) is 0 Å². The number of aromatic nitrogens is 3. The van der Waals surface area contributed by atoms with Crippen molar-refractivity contribution >= 4 is 5.91 Å². The molecule has 1 atom stereocenters. The Kier molecular flexibility index (Phi) is 3.27.